The van der Waals surface area contributed by atoms with Crippen LogP contribution < -0.4 is 0 Å². The molecular formula is C19H33NO. The van der Waals surface area contributed by atoms with E-state index in [1.165, 1.54) is 90.0 Å². The van der Waals surface area contributed by atoms with Crippen LogP contribution in [0.3, 0.4) is 0 Å². The fourth-order valence-corrected chi connectivity index (χ4v) is 5.37. The Bertz CT molecular complexity index is 314. The topological polar surface area (TPSA) is 15.8 Å². The number of nitrogens with zero attached hydrogens (tertiary/aromatic N) is 1. The van der Waals surface area contributed by atoms with Gasteiger partial charge in [0.05, 0.1) is 12.2 Å². The van der Waals surface area contributed by atoms with Gasteiger partial charge in [0.2, 0.25) is 0 Å². The van der Waals surface area contributed by atoms with Crippen molar-refractivity contribution >= 4 is 0 Å². The maximum atomic E-state index is 5.76. The normalized spacial score (nSPS) is 38.4. The molecule has 2 nitrogen and oxygen atoms in total. The van der Waals surface area contributed by atoms with E-state index in [1.807, 2.05) is 0 Å². The molecule has 4 fully saturated rings. The molecular weight excluding hydrogens is 258 g/mol. The molecule has 0 bridgehead atoms. The van der Waals surface area contributed by atoms with Crippen LogP contribution in [0, 0.1) is 5.92 Å². The summed E-state index contributed by atoms with van der Waals surface area (Å²) in [5, 5.41) is 0. The van der Waals surface area contributed by atoms with Crippen molar-refractivity contribution in [1.82, 2.24) is 4.90 Å². The zero-order chi connectivity index (χ0) is 14.1. The Hall–Kier alpha value is -0.0800. The monoisotopic (exact) mass is 291 g/mol. The summed E-state index contributed by atoms with van der Waals surface area (Å²) in [5.41, 5.74) is 0. The molecule has 4 rings (SSSR count). The average Bonchev–Trinajstić information content (AvgIpc) is 3.33. The van der Waals surface area contributed by atoms with Gasteiger partial charge in [0.15, 0.2) is 0 Å². The molecule has 0 aromatic heterocycles. The number of fused-ring (bicyclic) bond motifs is 1. The van der Waals surface area contributed by atoms with Gasteiger partial charge < -0.3 is 4.74 Å². The van der Waals surface area contributed by atoms with Gasteiger partial charge in [-0.3, -0.25) is 4.90 Å². The van der Waals surface area contributed by atoms with E-state index < -0.39 is 0 Å². The SMILES string of the molecule is C1CCC(N(CC2CCC3OC3C2)C2CCCCC2)CC1. The number of epoxide rings is 1. The van der Waals surface area contributed by atoms with E-state index in [0.717, 1.165) is 18.0 Å². The highest BCUT2D eigenvalue weighted by Gasteiger charge is 2.44. The highest BCUT2D eigenvalue weighted by atomic mass is 16.6. The van der Waals surface area contributed by atoms with Gasteiger partial charge >= 0.3 is 0 Å². The predicted molar refractivity (Wildman–Crippen MR) is 86.5 cm³/mol. The molecule has 0 aromatic rings. The van der Waals surface area contributed by atoms with Crippen LogP contribution in [0.4, 0.5) is 0 Å². The number of ether oxygens (including phenoxy) is 1. The molecule has 0 N–H and O–H groups in total. The van der Waals surface area contributed by atoms with E-state index in [4.69, 9.17) is 4.74 Å². The Balaban J connectivity index is 1.40. The van der Waals surface area contributed by atoms with Crippen molar-refractivity contribution in [3.05, 3.63) is 0 Å². The van der Waals surface area contributed by atoms with Gasteiger partial charge in [0.1, 0.15) is 0 Å². The molecule has 1 aliphatic heterocycles. The molecule has 120 valence electrons. The molecule has 0 aromatic carbocycles. The first-order chi connectivity index (χ1) is 10.4. The van der Waals surface area contributed by atoms with Gasteiger partial charge in [-0.2, -0.15) is 0 Å². The van der Waals surface area contributed by atoms with Crippen molar-refractivity contribution in [3.8, 4) is 0 Å². The Morgan fingerprint density at radius 1 is 0.667 bits per heavy atom. The third kappa shape index (κ3) is 3.47. The molecule has 4 aliphatic rings. The second-order valence-corrected chi connectivity index (χ2v) is 8.17. The minimum absolute atomic E-state index is 0.656. The van der Waals surface area contributed by atoms with Crippen molar-refractivity contribution in [3.63, 3.8) is 0 Å². The maximum absolute atomic E-state index is 5.76. The summed E-state index contributed by atoms with van der Waals surface area (Å²) in [5.74, 6) is 0.928. The summed E-state index contributed by atoms with van der Waals surface area (Å²) in [6, 6.07) is 1.83. The van der Waals surface area contributed by atoms with Crippen molar-refractivity contribution in [2.75, 3.05) is 6.54 Å². The lowest BCUT2D eigenvalue weighted by Gasteiger charge is -2.43. The first kappa shape index (κ1) is 14.5. The van der Waals surface area contributed by atoms with Crippen molar-refractivity contribution in [1.29, 1.82) is 0 Å². The minimum Gasteiger partial charge on any atom is -0.370 e. The van der Waals surface area contributed by atoms with E-state index >= 15 is 0 Å². The third-order valence-electron chi connectivity index (χ3n) is 6.67. The highest BCUT2D eigenvalue weighted by molar-refractivity contribution is 4.94. The largest absolute Gasteiger partial charge is 0.370 e. The van der Waals surface area contributed by atoms with Gasteiger partial charge in [0, 0.05) is 18.6 Å². The maximum Gasteiger partial charge on any atom is 0.0845 e. The minimum atomic E-state index is 0.656. The van der Waals surface area contributed by atoms with Gasteiger partial charge in [-0.05, 0) is 50.9 Å². The van der Waals surface area contributed by atoms with Crippen LogP contribution in [0.5, 0.6) is 0 Å². The van der Waals surface area contributed by atoms with Crippen LogP contribution in [0.1, 0.15) is 83.5 Å². The molecule has 0 radical (unpaired) electrons. The number of hydrogen-bond acceptors (Lipinski definition) is 2. The lowest BCUT2D eigenvalue weighted by atomic mass is 9.84. The molecule has 1 saturated heterocycles. The van der Waals surface area contributed by atoms with Gasteiger partial charge in [-0.1, -0.05) is 38.5 Å². The zero-order valence-corrected chi connectivity index (χ0v) is 13.6. The van der Waals surface area contributed by atoms with Crippen LogP contribution in [0.15, 0.2) is 0 Å². The lowest BCUT2D eigenvalue weighted by molar-refractivity contribution is 0.0585. The smallest absolute Gasteiger partial charge is 0.0845 e. The first-order valence-corrected chi connectivity index (χ1v) is 9.81. The Kier molecular flexibility index (Phi) is 4.55. The molecule has 1 heterocycles. The number of rotatable bonds is 4. The average molecular weight is 291 g/mol. The molecule has 0 spiro atoms. The molecule has 2 heteroatoms. The highest BCUT2D eigenvalue weighted by Crippen LogP contribution is 2.41. The van der Waals surface area contributed by atoms with Crippen LogP contribution in [-0.4, -0.2) is 35.7 Å². The summed E-state index contributed by atoms with van der Waals surface area (Å²) < 4.78 is 5.76. The second-order valence-electron chi connectivity index (χ2n) is 8.17. The van der Waals surface area contributed by atoms with Crippen molar-refractivity contribution in [2.24, 2.45) is 5.92 Å². The second kappa shape index (κ2) is 6.58. The van der Waals surface area contributed by atoms with E-state index in [2.05, 4.69) is 4.90 Å². The fourth-order valence-electron chi connectivity index (χ4n) is 5.37. The van der Waals surface area contributed by atoms with Crippen LogP contribution in [0.2, 0.25) is 0 Å². The molecule has 3 saturated carbocycles. The number of hydrogen-bond donors (Lipinski definition) is 0. The molecule has 0 amide bonds. The quantitative estimate of drug-likeness (QED) is 0.708. The van der Waals surface area contributed by atoms with Crippen molar-refractivity contribution in [2.45, 2.75) is 108 Å². The van der Waals surface area contributed by atoms with Crippen LogP contribution in [-0.2, 0) is 4.74 Å². The molecule has 3 aliphatic carbocycles. The Labute approximate surface area is 130 Å². The Morgan fingerprint density at radius 2 is 1.29 bits per heavy atom. The van der Waals surface area contributed by atoms with Crippen molar-refractivity contribution < 1.29 is 4.74 Å². The first-order valence-electron chi connectivity index (χ1n) is 9.81. The fraction of sp³-hybridized carbons (Fsp3) is 1.00. The van der Waals surface area contributed by atoms with E-state index in [9.17, 15) is 0 Å². The summed E-state index contributed by atoms with van der Waals surface area (Å²) in [7, 11) is 0. The zero-order valence-electron chi connectivity index (χ0n) is 13.6. The summed E-state index contributed by atoms with van der Waals surface area (Å²) in [4.78, 5) is 3.01. The standard InChI is InChI=1S/C19H33NO/c1-3-7-16(8-4-1)20(17-9-5-2-6-10-17)14-15-11-12-18-19(13-15)21-18/h15-19H,1-14H2. The van der Waals surface area contributed by atoms with Gasteiger partial charge in [-0.25, -0.2) is 0 Å². The van der Waals surface area contributed by atoms with Crippen LogP contribution in [0.25, 0.3) is 0 Å². The van der Waals surface area contributed by atoms with Crippen LogP contribution >= 0.6 is 0 Å². The molecule has 3 atom stereocenters. The predicted octanol–water partition coefficient (Wildman–Crippen LogP) is 4.52. The van der Waals surface area contributed by atoms with Gasteiger partial charge in [-0.15, -0.1) is 0 Å². The lowest BCUT2D eigenvalue weighted by Crippen LogP contribution is -2.47. The van der Waals surface area contributed by atoms with E-state index in [0.29, 0.717) is 12.2 Å². The third-order valence-corrected chi connectivity index (χ3v) is 6.67. The summed E-state index contributed by atoms with van der Waals surface area (Å²) in [6.45, 7) is 1.39. The van der Waals surface area contributed by atoms with E-state index in [-0.39, 0.29) is 0 Å². The molecule has 3 unspecified atom stereocenters. The summed E-state index contributed by atoms with van der Waals surface area (Å²) in [6.07, 6.45) is 20.2. The Morgan fingerprint density at radius 3 is 1.86 bits per heavy atom. The summed E-state index contributed by atoms with van der Waals surface area (Å²) >= 11 is 0. The van der Waals surface area contributed by atoms with E-state index in [1.54, 1.807) is 0 Å². The molecule has 21 heavy (non-hydrogen) atoms. The van der Waals surface area contributed by atoms with Gasteiger partial charge in [0.25, 0.3) is 0 Å².